The number of hydrogen-bond donors (Lipinski definition) is 0. The largest absolute Gasteiger partial charge is 0.465 e. The predicted octanol–water partition coefficient (Wildman–Crippen LogP) is 0.680. The fourth-order valence-electron chi connectivity index (χ4n) is 0.813. The molecule has 0 aliphatic rings. The van der Waals surface area contributed by atoms with Gasteiger partial charge in [0, 0.05) is 0 Å². The van der Waals surface area contributed by atoms with E-state index in [2.05, 4.69) is 14.5 Å². The van der Waals surface area contributed by atoms with Crippen LogP contribution in [0.3, 0.4) is 0 Å². The van der Waals surface area contributed by atoms with Crippen molar-refractivity contribution < 1.29 is 24.1 Å². The van der Waals surface area contributed by atoms with Crippen LogP contribution in [0.1, 0.15) is 20.3 Å². The lowest BCUT2D eigenvalue weighted by atomic mass is 10.1. The fraction of sp³-hybridized carbons (Fsp3) is 0.750. The van der Waals surface area contributed by atoms with Gasteiger partial charge in [-0.15, -0.1) is 0 Å². The highest BCUT2D eigenvalue weighted by molar-refractivity contribution is 5.94. The van der Waals surface area contributed by atoms with Gasteiger partial charge in [0.15, 0.2) is 5.92 Å². The number of hydrogen-bond acceptors (Lipinski definition) is 5. The molecule has 0 aliphatic carbocycles. The molecule has 0 heterocycles. The second kappa shape index (κ2) is 6.42. The zero-order valence-electron chi connectivity index (χ0n) is 8.03. The molecule has 5 nitrogen and oxygen atoms in total. The van der Waals surface area contributed by atoms with Crippen LogP contribution in [0.2, 0.25) is 0 Å². The highest BCUT2D eigenvalue weighted by Crippen LogP contribution is 2.07. The van der Waals surface area contributed by atoms with Crippen molar-refractivity contribution in [1.82, 2.24) is 0 Å². The van der Waals surface area contributed by atoms with Crippen LogP contribution in [-0.4, -0.2) is 25.7 Å². The van der Waals surface area contributed by atoms with Crippen LogP contribution in [0.5, 0.6) is 0 Å². The van der Waals surface area contributed by atoms with Gasteiger partial charge < -0.3 is 4.74 Å². The lowest BCUT2D eigenvalue weighted by Crippen LogP contribution is -2.27. The minimum atomic E-state index is -0.889. The molecule has 0 saturated carbocycles. The van der Waals surface area contributed by atoms with Crippen LogP contribution in [-0.2, 0) is 24.1 Å². The maximum Gasteiger partial charge on any atom is 0.356 e. The van der Waals surface area contributed by atoms with E-state index in [1.165, 1.54) is 7.11 Å². The van der Waals surface area contributed by atoms with Gasteiger partial charge in [0.05, 0.1) is 13.7 Å². The summed E-state index contributed by atoms with van der Waals surface area (Å²) in [5, 5.41) is 0. The highest BCUT2D eigenvalue weighted by Gasteiger charge is 2.28. The predicted molar refractivity (Wildman–Crippen MR) is 43.5 cm³/mol. The third-order valence-electron chi connectivity index (χ3n) is 1.43. The van der Waals surface area contributed by atoms with Gasteiger partial charge in [0.2, 0.25) is 0 Å². The molecule has 0 spiro atoms. The monoisotopic (exact) mass is 190 g/mol. The molecule has 5 heteroatoms. The molecule has 0 fully saturated rings. The summed E-state index contributed by atoms with van der Waals surface area (Å²) in [6.07, 6.45) is 0.334. The number of carbonyl (C=O) groups excluding carboxylic acids is 2. The van der Waals surface area contributed by atoms with E-state index in [-0.39, 0.29) is 6.61 Å². The Labute approximate surface area is 76.9 Å². The molecule has 0 saturated heterocycles. The first-order valence-electron chi connectivity index (χ1n) is 4.08. The molecule has 13 heavy (non-hydrogen) atoms. The lowest BCUT2D eigenvalue weighted by Gasteiger charge is -2.10. The quantitative estimate of drug-likeness (QED) is 0.276. The molecule has 0 aromatic heterocycles. The maximum atomic E-state index is 11.1. The molecule has 0 radical (unpaired) electrons. The Bertz CT molecular complexity index is 159. The SMILES string of the molecule is CCOC(=O)C(CC)C(=O)OOC. The molecule has 0 bridgehead atoms. The fourth-order valence-corrected chi connectivity index (χ4v) is 0.813. The van der Waals surface area contributed by atoms with E-state index in [0.29, 0.717) is 6.42 Å². The second-order valence-electron chi connectivity index (χ2n) is 2.28. The molecule has 0 aromatic rings. The first-order chi connectivity index (χ1) is 6.17. The Morgan fingerprint density at radius 3 is 2.23 bits per heavy atom. The Balaban J connectivity index is 4.15. The Morgan fingerprint density at radius 1 is 1.23 bits per heavy atom. The summed E-state index contributed by atoms with van der Waals surface area (Å²) in [4.78, 5) is 30.5. The molecule has 76 valence electrons. The van der Waals surface area contributed by atoms with Gasteiger partial charge in [-0.05, 0) is 13.3 Å². The van der Waals surface area contributed by atoms with Gasteiger partial charge in [-0.25, -0.2) is 4.79 Å². The molecule has 1 unspecified atom stereocenters. The zero-order valence-corrected chi connectivity index (χ0v) is 8.03. The van der Waals surface area contributed by atoms with Crippen LogP contribution in [0.4, 0.5) is 0 Å². The van der Waals surface area contributed by atoms with E-state index in [4.69, 9.17) is 0 Å². The topological polar surface area (TPSA) is 61.8 Å². The molecule has 0 aromatic carbocycles. The molecule has 0 amide bonds. The normalized spacial score (nSPS) is 11.9. The van der Waals surface area contributed by atoms with E-state index in [1.807, 2.05) is 0 Å². The summed E-state index contributed by atoms with van der Waals surface area (Å²) >= 11 is 0. The molecule has 0 N–H and O–H groups in total. The van der Waals surface area contributed by atoms with Crippen molar-refractivity contribution >= 4 is 11.9 Å². The summed E-state index contributed by atoms with van der Waals surface area (Å²) in [6.45, 7) is 3.61. The van der Waals surface area contributed by atoms with Gasteiger partial charge in [-0.3, -0.25) is 9.68 Å². The van der Waals surface area contributed by atoms with Crippen molar-refractivity contribution in [1.29, 1.82) is 0 Å². The minimum Gasteiger partial charge on any atom is -0.465 e. The van der Waals surface area contributed by atoms with Gasteiger partial charge in [-0.1, -0.05) is 6.92 Å². The van der Waals surface area contributed by atoms with Crippen LogP contribution >= 0.6 is 0 Å². The first kappa shape index (κ1) is 11.9. The average molecular weight is 190 g/mol. The lowest BCUT2D eigenvalue weighted by molar-refractivity contribution is -0.259. The highest BCUT2D eigenvalue weighted by atomic mass is 17.2. The molecule has 1 atom stereocenters. The first-order valence-corrected chi connectivity index (χ1v) is 4.08. The van der Waals surface area contributed by atoms with Gasteiger partial charge in [0.25, 0.3) is 0 Å². The maximum absolute atomic E-state index is 11.1. The minimum absolute atomic E-state index is 0.246. The van der Waals surface area contributed by atoms with E-state index < -0.39 is 17.9 Å². The molecule has 0 aliphatic heterocycles. The van der Waals surface area contributed by atoms with Crippen molar-refractivity contribution in [2.45, 2.75) is 20.3 Å². The van der Waals surface area contributed by atoms with Crippen LogP contribution in [0, 0.1) is 5.92 Å². The third kappa shape index (κ3) is 3.89. The Morgan fingerprint density at radius 2 is 1.85 bits per heavy atom. The summed E-state index contributed by atoms with van der Waals surface area (Å²) in [7, 11) is 1.20. The standard InChI is InChI=1S/C8H14O5/c1-4-6(7(9)12-5-2)8(10)13-11-3/h6H,4-5H2,1-3H3. The summed E-state index contributed by atoms with van der Waals surface area (Å²) in [5.74, 6) is -2.18. The smallest absolute Gasteiger partial charge is 0.356 e. The Kier molecular flexibility index (Phi) is 5.88. The molecular formula is C8H14O5. The van der Waals surface area contributed by atoms with E-state index in [0.717, 1.165) is 0 Å². The van der Waals surface area contributed by atoms with Gasteiger partial charge >= 0.3 is 11.9 Å². The van der Waals surface area contributed by atoms with Crippen molar-refractivity contribution in [3.05, 3.63) is 0 Å². The van der Waals surface area contributed by atoms with E-state index in [9.17, 15) is 9.59 Å². The second-order valence-corrected chi connectivity index (χ2v) is 2.28. The summed E-state index contributed by atoms with van der Waals surface area (Å²) in [5.41, 5.74) is 0. The number of rotatable bonds is 5. The summed E-state index contributed by atoms with van der Waals surface area (Å²) < 4.78 is 4.67. The number of ether oxygens (including phenoxy) is 1. The van der Waals surface area contributed by atoms with Crippen LogP contribution in [0.25, 0.3) is 0 Å². The van der Waals surface area contributed by atoms with Crippen molar-refractivity contribution in [2.75, 3.05) is 13.7 Å². The molecule has 0 rings (SSSR count). The average Bonchev–Trinajstić information content (AvgIpc) is 2.06. The number of carbonyl (C=O) groups is 2. The van der Waals surface area contributed by atoms with Crippen molar-refractivity contribution in [3.63, 3.8) is 0 Å². The Hall–Kier alpha value is -1.10. The van der Waals surface area contributed by atoms with Gasteiger partial charge in [-0.2, -0.15) is 4.89 Å². The summed E-state index contributed by atoms with van der Waals surface area (Å²) in [6, 6.07) is 0. The third-order valence-corrected chi connectivity index (χ3v) is 1.43. The van der Waals surface area contributed by atoms with Crippen LogP contribution < -0.4 is 0 Å². The van der Waals surface area contributed by atoms with Crippen molar-refractivity contribution in [2.24, 2.45) is 5.92 Å². The van der Waals surface area contributed by atoms with Crippen molar-refractivity contribution in [3.8, 4) is 0 Å². The van der Waals surface area contributed by atoms with Gasteiger partial charge in [0.1, 0.15) is 0 Å². The molecular weight excluding hydrogens is 176 g/mol. The zero-order chi connectivity index (χ0) is 10.3. The van der Waals surface area contributed by atoms with E-state index >= 15 is 0 Å². The van der Waals surface area contributed by atoms with E-state index in [1.54, 1.807) is 13.8 Å². The number of esters is 1. The van der Waals surface area contributed by atoms with Crippen LogP contribution in [0.15, 0.2) is 0 Å².